The maximum absolute atomic E-state index is 8.75. The van der Waals surface area contributed by atoms with E-state index in [1.165, 1.54) is 5.56 Å². The number of rotatable bonds is 3. The van der Waals surface area contributed by atoms with Crippen LogP contribution in [0.4, 0.5) is 4.72 Å². The molecule has 0 radical (unpaired) electrons. The predicted molar refractivity (Wildman–Crippen MR) is 55.4 cm³/mol. The molecule has 3 heteroatoms. The molecule has 0 saturated carbocycles. The van der Waals surface area contributed by atoms with Crippen molar-refractivity contribution >= 4 is 0 Å². The molecule has 0 aromatic carbocycles. The first-order valence-corrected chi connectivity index (χ1v) is 3.91. The highest BCUT2D eigenvalue weighted by Gasteiger charge is 1.92. The van der Waals surface area contributed by atoms with Crippen molar-refractivity contribution in [2.75, 3.05) is 0 Å². The lowest BCUT2D eigenvalue weighted by molar-refractivity contribution is 0.588. The molecule has 0 amide bonds. The summed E-state index contributed by atoms with van der Waals surface area (Å²) >= 11 is 0. The highest BCUT2D eigenvalue weighted by Crippen LogP contribution is 1.95. The zero-order valence-electron chi connectivity index (χ0n) is 8.42. The summed E-state index contributed by atoms with van der Waals surface area (Å²) in [7, 11) is 0. The summed E-state index contributed by atoms with van der Waals surface area (Å²) in [5, 5.41) is 3.33. The summed E-state index contributed by atoms with van der Waals surface area (Å²) in [6.45, 7) is 5.21. The summed E-state index contributed by atoms with van der Waals surface area (Å²) in [6, 6.07) is 4.59. The Morgan fingerprint density at radius 1 is 1.46 bits per heavy atom. The van der Waals surface area contributed by atoms with Gasteiger partial charge in [0, 0.05) is 25.0 Å². The van der Waals surface area contributed by atoms with Gasteiger partial charge in [0.25, 0.3) is 1.45 Å². The van der Waals surface area contributed by atoms with Crippen molar-refractivity contribution in [1.29, 1.82) is 1.45 Å². The molecule has 0 unspecified atom stereocenters. The van der Waals surface area contributed by atoms with Crippen molar-refractivity contribution in [3.05, 3.63) is 30.1 Å². The molecule has 1 N–H and O–H groups in total. The summed E-state index contributed by atoms with van der Waals surface area (Å²) in [5.41, 5.74) is 1.29. The summed E-state index contributed by atoms with van der Waals surface area (Å²) in [4.78, 5) is 3.94. The Morgan fingerprint density at radius 3 is 2.46 bits per heavy atom. The number of hydrogen-bond donors (Lipinski definition) is 1. The third kappa shape index (κ3) is 6.22. The van der Waals surface area contributed by atoms with Gasteiger partial charge >= 0.3 is 0 Å². The molecule has 13 heavy (non-hydrogen) atoms. The van der Waals surface area contributed by atoms with Gasteiger partial charge in [-0.15, -0.1) is 0 Å². The fourth-order valence-electron chi connectivity index (χ4n) is 0.823. The van der Waals surface area contributed by atoms with Crippen molar-refractivity contribution in [2.24, 2.45) is 0 Å². The Hall–Kier alpha value is -0.960. The van der Waals surface area contributed by atoms with Crippen molar-refractivity contribution in [3.63, 3.8) is 0 Å². The Morgan fingerprint density at radius 2 is 2.00 bits per heavy atom. The minimum absolute atomic E-state index is 0. The average molecular weight is 188 g/mol. The van der Waals surface area contributed by atoms with E-state index in [4.69, 9.17) is 4.72 Å². The van der Waals surface area contributed by atoms with E-state index in [0.717, 1.165) is 6.54 Å². The van der Waals surface area contributed by atoms with E-state index in [2.05, 4.69) is 25.6 Å². The van der Waals surface area contributed by atoms with Crippen LogP contribution in [0, 0.1) is 0 Å². The lowest BCUT2D eigenvalue weighted by atomic mass is 10.2. The molecule has 1 heterocycles. The van der Waals surface area contributed by atoms with Crippen molar-refractivity contribution < 1.29 is 4.72 Å². The second-order valence-electron chi connectivity index (χ2n) is 2.89. The molecule has 0 fully saturated rings. The molecular formula is C10H19FN2. The molecule has 0 aliphatic carbocycles. The van der Waals surface area contributed by atoms with Crippen molar-refractivity contribution in [3.8, 4) is 0 Å². The minimum atomic E-state index is 0. The topological polar surface area (TPSA) is 24.9 Å². The number of pyridine rings is 1. The smallest absolute Gasteiger partial charge is 0.269 e. The quantitative estimate of drug-likeness (QED) is 0.787. The lowest BCUT2D eigenvalue weighted by Crippen LogP contribution is -2.21. The van der Waals surface area contributed by atoms with Gasteiger partial charge in [-0.3, -0.25) is 9.70 Å². The van der Waals surface area contributed by atoms with Crippen LogP contribution in [-0.4, -0.2) is 12.5 Å². The van der Waals surface area contributed by atoms with E-state index in [-0.39, 0.29) is 7.43 Å². The number of nitrogens with one attached hydrogen (secondary N) is 1. The van der Waals surface area contributed by atoms with E-state index in [1.807, 2.05) is 24.5 Å². The van der Waals surface area contributed by atoms with Gasteiger partial charge < -0.3 is 5.32 Å². The maximum Gasteiger partial charge on any atom is 0.269 e. The minimum Gasteiger partial charge on any atom is -0.310 e. The van der Waals surface area contributed by atoms with Crippen LogP contribution < -0.4 is 5.32 Å². The Kier molecular flexibility index (Phi) is 7.11. The highest BCUT2D eigenvalue weighted by molar-refractivity contribution is 5.08. The fraction of sp³-hybridized carbons (Fsp3) is 0.500. The van der Waals surface area contributed by atoms with E-state index < -0.39 is 0 Å². The highest BCUT2D eigenvalue weighted by atomic mass is 19.0. The maximum atomic E-state index is 8.75. The molecule has 1 rings (SSSR count). The molecule has 0 aliphatic heterocycles. The van der Waals surface area contributed by atoms with E-state index in [0.29, 0.717) is 6.04 Å². The second kappa shape index (κ2) is 7.68. The first kappa shape index (κ1) is 12.0. The van der Waals surface area contributed by atoms with Gasteiger partial charge in [0.15, 0.2) is 0 Å². The zero-order chi connectivity index (χ0) is 10.1. The second-order valence-corrected chi connectivity index (χ2v) is 2.89. The fourth-order valence-corrected chi connectivity index (χ4v) is 0.823. The Bertz CT molecular complexity index is 205. The van der Waals surface area contributed by atoms with Crippen LogP contribution in [0.1, 0.15) is 26.8 Å². The third-order valence-corrected chi connectivity index (χ3v) is 1.46. The van der Waals surface area contributed by atoms with E-state index in [1.54, 1.807) is 0 Å². The van der Waals surface area contributed by atoms with Gasteiger partial charge in [-0.1, -0.05) is 21.3 Å². The molecule has 0 bridgehead atoms. The largest absolute Gasteiger partial charge is 0.310 e. The molecule has 76 valence electrons. The Balaban J connectivity index is 0. The third-order valence-electron chi connectivity index (χ3n) is 1.46. The van der Waals surface area contributed by atoms with Gasteiger partial charge in [-0.2, -0.15) is 0 Å². The van der Waals surface area contributed by atoms with Crippen LogP contribution in [-0.2, 0) is 6.54 Å². The molecule has 0 atom stereocenters. The average Bonchev–Trinajstić information content (AvgIpc) is 2.19. The number of halogens is 1. The summed E-state index contributed by atoms with van der Waals surface area (Å²) < 4.78 is 13.0. The van der Waals surface area contributed by atoms with Crippen LogP contribution in [0.25, 0.3) is 0 Å². The molecule has 0 aliphatic rings. The van der Waals surface area contributed by atoms with Crippen molar-refractivity contribution in [1.82, 2.24) is 10.3 Å². The van der Waals surface area contributed by atoms with Crippen LogP contribution in [0.3, 0.4) is 0 Å². The van der Waals surface area contributed by atoms with E-state index >= 15 is 0 Å². The van der Waals surface area contributed by atoms with Gasteiger partial charge in [-0.05, 0) is 17.7 Å². The normalized spacial score (nSPS) is 9.38. The number of aromatic nitrogens is 1. The number of nitrogens with zero attached hydrogens (tertiary/aromatic N) is 1. The Labute approximate surface area is 81.3 Å². The first-order valence-electron chi connectivity index (χ1n) is 4.29. The molecule has 2 nitrogen and oxygen atoms in total. The molecule has 0 saturated heterocycles. The first-order chi connectivity index (χ1) is 6.29. The lowest BCUT2D eigenvalue weighted by Gasteiger charge is -2.06. The van der Waals surface area contributed by atoms with Crippen LogP contribution >= 0.6 is 0 Å². The van der Waals surface area contributed by atoms with E-state index in [9.17, 15) is 0 Å². The monoisotopic (exact) mass is 188 g/mol. The molecule has 1 aromatic rings. The zero-order valence-corrected chi connectivity index (χ0v) is 7.42. The van der Waals surface area contributed by atoms with Gasteiger partial charge in [-0.25, -0.2) is 0 Å². The van der Waals surface area contributed by atoms with Crippen LogP contribution in [0.2, 0.25) is 0 Å². The van der Waals surface area contributed by atoms with Crippen LogP contribution in [0.5, 0.6) is 0 Å². The summed E-state index contributed by atoms with van der Waals surface area (Å²) in [5.74, 6) is 0. The van der Waals surface area contributed by atoms with Gasteiger partial charge in [0.05, 0.1) is 0 Å². The SMILES string of the molecule is C.CC(C)NCc1ccncc1.[3H]F. The summed E-state index contributed by atoms with van der Waals surface area (Å²) in [6.07, 6.45) is 3.63. The molecule has 1 aromatic heterocycles. The molecule has 0 spiro atoms. The standard InChI is InChI=1S/C9H14N2.CH4.FH/c1-8(2)11-7-9-3-5-10-6-4-9;;/h3-6,8,11H,7H2,1-2H3;1H4;1H/i/hT. The predicted octanol–water partition coefficient (Wildman–Crippen LogP) is 2.37. The van der Waals surface area contributed by atoms with Crippen LogP contribution in [0.15, 0.2) is 24.5 Å². The van der Waals surface area contributed by atoms with Gasteiger partial charge in [0.1, 0.15) is 0 Å². The van der Waals surface area contributed by atoms with Gasteiger partial charge in [0.2, 0.25) is 0 Å². The van der Waals surface area contributed by atoms with Crippen molar-refractivity contribution in [2.45, 2.75) is 33.9 Å². The molecular weight excluding hydrogens is 167 g/mol. The number of hydrogen-bond acceptors (Lipinski definition) is 2.